The summed E-state index contributed by atoms with van der Waals surface area (Å²) in [4.78, 5) is 0. The van der Waals surface area contributed by atoms with Crippen molar-refractivity contribution in [3.8, 4) is 5.75 Å². The van der Waals surface area contributed by atoms with Crippen molar-refractivity contribution in [1.82, 2.24) is 0 Å². The molecule has 0 aromatic heterocycles. The van der Waals surface area contributed by atoms with Crippen LogP contribution < -0.4 is 4.74 Å². The van der Waals surface area contributed by atoms with Crippen molar-refractivity contribution in [3.63, 3.8) is 0 Å². The van der Waals surface area contributed by atoms with Crippen LogP contribution in [0.5, 0.6) is 5.75 Å². The molecule has 0 bridgehead atoms. The number of oxime groups is 1. The number of rotatable bonds is 5. The van der Waals surface area contributed by atoms with E-state index < -0.39 is 0 Å². The topological polar surface area (TPSA) is 41.8 Å². The molecule has 1 aromatic carbocycles. The molecule has 0 saturated heterocycles. The highest BCUT2D eigenvalue weighted by atomic mass is 79.9. The lowest BCUT2D eigenvalue weighted by molar-refractivity contribution is 0.305. The SMILES string of the molecule is CCCCOc1c(Br)cc(Cl)cc1C=NO. The van der Waals surface area contributed by atoms with Crippen molar-refractivity contribution in [3.05, 3.63) is 27.2 Å². The van der Waals surface area contributed by atoms with Crippen molar-refractivity contribution < 1.29 is 9.94 Å². The smallest absolute Gasteiger partial charge is 0.142 e. The molecule has 0 aliphatic heterocycles. The highest BCUT2D eigenvalue weighted by Gasteiger charge is 2.08. The number of hydrogen-bond acceptors (Lipinski definition) is 3. The molecule has 0 amide bonds. The molecular formula is C11H13BrClNO2. The summed E-state index contributed by atoms with van der Waals surface area (Å²) in [5.41, 5.74) is 0.651. The summed E-state index contributed by atoms with van der Waals surface area (Å²) in [5, 5.41) is 12.1. The van der Waals surface area contributed by atoms with Crippen LogP contribution in [0.15, 0.2) is 21.8 Å². The van der Waals surface area contributed by atoms with Crippen molar-refractivity contribution in [2.75, 3.05) is 6.61 Å². The molecule has 0 saturated carbocycles. The fourth-order valence-electron chi connectivity index (χ4n) is 1.21. The third-order valence-electron chi connectivity index (χ3n) is 1.98. The predicted octanol–water partition coefficient (Wildman–Crippen LogP) is 4.09. The van der Waals surface area contributed by atoms with Crippen LogP contribution in [0.1, 0.15) is 25.3 Å². The molecular weight excluding hydrogens is 293 g/mol. The Balaban J connectivity index is 2.94. The van der Waals surface area contributed by atoms with Gasteiger partial charge in [-0.05, 0) is 34.5 Å². The fraction of sp³-hybridized carbons (Fsp3) is 0.364. The lowest BCUT2D eigenvalue weighted by Gasteiger charge is -2.10. The Kier molecular flexibility index (Phi) is 5.63. The van der Waals surface area contributed by atoms with Gasteiger partial charge in [-0.1, -0.05) is 30.1 Å². The summed E-state index contributed by atoms with van der Waals surface area (Å²) in [7, 11) is 0. The zero-order valence-electron chi connectivity index (χ0n) is 8.91. The van der Waals surface area contributed by atoms with E-state index in [0.29, 0.717) is 22.9 Å². The van der Waals surface area contributed by atoms with Crippen LogP contribution in [0, 0.1) is 0 Å². The maximum absolute atomic E-state index is 8.55. The molecule has 0 heterocycles. The molecule has 0 unspecified atom stereocenters. The Morgan fingerprint density at radius 3 is 2.94 bits per heavy atom. The van der Waals surface area contributed by atoms with Gasteiger partial charge in [0.2, 0.25) is 0 Å². The van der Waals surface area contributed by atoms with E-state index in [0.717, 1.165) is 17.3 Å². The number of ether oxygens (including phenoxy) is 1. The molecule has 3 nitrogen and oxygen atoms in total. The second-order valence-electron chi connectivity index (χ2n) is 3.25. The van der Waals surface area contributed by atoms with E-state index >= 15 is 0 Å². The third-order valence-corrected chi connectivity index (χ3v) is 2.79. The molecule has 0 fully saturated rings. The Bertz CT molecular complexity index is 382. The Morgan fingerprint density at radius 1 is 1.56 bits per heavy atom. The molecule has 16 heavy (non-hydrogen) atoms. The molecule has 1 rings (SSSR count). The lowest BCUT2D eigenvalue weighted by atomic mass is 10.2. The number of halogens is 2. The van der Waals surface area contributed by atoms with Gasteiger partial charge in [0.1, 0.15) is 5.75 Å². The molecule has 0 radical (unpaired) electrons. The molecule has 1 N–H and O–H groups in total. The van der Waals surface area contributed by atoms with Gasteiger partial charge < -0.3 is 9.94 Å². The van der Waals surface area contributed by atoms with E-state index in [1.54, 1.807) is 12.1 Å². The standard InChI is InChI=1S/C11H13BrClNO2/c1-2-3-4-16-11-8(7-14-15)5-9(13)6-10(11)12/h5-7,15H,2-4H2,1H3. The monoisotopic (exact) mass is 305 g/mol. The first-order valence-corrected chi connectivity index (χ1v) is 6.15. The van der Waals surface area contributed by atoms with Gasteiger partial charge in [-0.3, -0.25) is 0 Å². The second-order valence-corrected chi connectivity index (χ2v) is 4.54. The van der Waals surface area contributed by atoms with Crippen LogP contribution >= 0.6 is 27.5 Å². The minimum absolute atomic E-state index is 0.560. The average molecular weight is 307 g/mol. The van der Waals surface area contributed by atoms with Gasteiger partial charge in [-0.2, -0.15) is 0 Å². The Morgan fingerprint density at radius 2 is 2.31 bits per heavy atom. The Labute approximate surface area is 108 Å². The quantitative estimate of drug-likeness (QED) is 0.385. The van der Waals surface area contributed by atoms with Crippen LogP contribution in [0.4, 0.5) is 0 Å². The van der Waals surface area contributed by atoms with Crippen LogP contribution in [0.3, 0.4) is 0 Å². The molecule has 88 valence electrons. The summed E-state index contributed by atoms with van der Waals surface area (Å²) in [5.74, 6) is 0.649. The van der Waals surface area contributed by atoms with Crippen molar-refractivity contribution >= 4 is 33.7 Å². The summed E-state index contributed by atoms with van der Waals surface area (Å²) in [6.07, 6.45) is 3.34. The second kappa shape index (κ2) is 6.76. The molecule has 0 spiro atoms. The largest absolute Gasteiger partial charge is 0.492 e. The van der Waals surface area contributed by atoms with E-state index in [9.17, 15) is 0 Å². The predicted molar refractivity (Wildman–Crippen MR) is 68.9 cm³/mol. The normalized spacial score (nSPS) is 10.9. The van der Waals surface area contributed by atoms with Crippen LogP contribution in [-0.4, -0.2) is 18.0 Å². The van der Waals surface area contributed by atoms with Gasteiger partial charge in [0, 0.05) is 10.6 Å². The number of unbranched alkanes of at least 4 members (excludes halogenated alkanes) is 1. The molecule has 5 heteroatoms. The minimum atomic E-state index is 0.560. The summed E-state index contributed by atoms with van der Waals surface area (Å²) in [6.45, 7) is 2.72. The summed E-state index contributed by atoms with van der Waals surface area (Å²) >= 11 is 9.26. The van der Waals surface area contributed by atoms with E-state index in [1.165, 1.54) is 6.21 Å². The minimum Gasteiger partial charge on any atom is -0.492 e. The van der Waals surface area contributed by atoms with Gasteiger partial charge >= 0.3 is 0 Å². The van der Waals surface area contributed by atoms with Crippen LogP contribution in [-0.2, 0) is 0 Å². The van der Waals surface area contributed by atoms with Crippen molar-refractivity contribution in [2.24, 2.45) is 5.16 Å². The summed E-state index contributed by atoms with van der Waals surface area (Å²) in [6, 6.07) is 3.44. The average Bonchev–Trinajstić information content (AvgIpc) is 2.22. The van der Waals surface area contributed by atoms with Gasteiger partial charge in [-0.15, -0.1) is 0 Å². The number of benzene rings is 1. The van der Waals surface area contributed by atoms with Gasteiger partial charge in [0.05, 0.1) is 17.3 Å². The van der Waals surface area contributed by atoms with Crippen LogP contribution in [0.2, 0.25) is 5.02 Å². The zero-order valence-corrected chi connectivity index (χ0v) is 11.3. The summed E-state index contributed by atoms with van der Waals surface area (Å²) < 4.78 is 6.36. The van der Waals surface area contributed by atoms with Crippen molar-refractivity contribution in [1.29, 1.82) is 0 Å². The van der Waals surface area contributed by atoms with E-state index in [2.05, 4.69) is 28.0 Å². The lowest BCUT2D eigenvalue weighted by Crippen LogP contribution is -2.00. The highest BCUT2D eigenvalue weighted by molar-refractivity contribution is 9.10. The third kappa shape index (κ3) is 3.68. The first-order valence-electron chi connectivity index (χ1n) is 4.98. The van der Waals surface area contributed by atoms with Gasteiger partial charge in [0.25, 0.3) is 0 Å². The first-order chi connectivity index (χ1) is 7.69. The number of hydrogen-bond donors (Lipinski definition) is 1. The van der Waals surface area contributed by atoms with Gasteiger partial charge in [0.15, 0.2) is 0 Å². The number of nitrogens with zero attached hydrogens (tertiary/aromatic N) is 1. The Hall–Kier alpha value is -0.740. The van der Waals surface area contributed by atoms with Crippen LogP contribution in [0.25, 0.3) is 0 Å². The van der Waals surface area contributed by atoms with E-state index in [1.807, 2.05) is 0 Å². The fourth-order valence-corrected chi connectivity index (χ4v) is 2.16. The molecule has 0 aliphatic rings. The van der Waals surface area contributed by atoms with E-state index in [-0.39, 0.29) is 0 Å². The molecule has 1 aromatic rings. The molecule has 0 atom stereocenters. The highest BCUT2D eigenvalue weighted by Crippen LogP contribution is 2.32. The maximum atomic E-state index is 8.55. The first kappa shape index (κ1) is 13.3. The maximum Gasteiger partial charge on any atom is 0.142 e. The van der Waals surface area contributed by atoms with Crippen molar-refractivity contribution in [2.45, 2.75) is 19.8 Å². The van der Waals surface area contributed by atoms with Gasteiger partial charge in [-0.25, -0.2) is 0 Å². The zero-order chi connectivity index (χ0) is 12.0. The molecule has 0 aliphatic carbocycles. The van der Waals surface area contributed by atoms with E-state index in [4.69, 9.17) is 21.5 Å².